The van der Waals surface area contributed by atoms with Gasteiger partial charge < -0.3 is 10.5 Å². The molecule has 2 N–H and O–H groups in total. The smallest absolute Gasteiger partial charge is 0.119 e. The van der Waals surface area contributed by atoms with Crippen LogP contribution in [-0.4, -0.2) is 12.1 Å². The van der Waals surface area contributed by atoms with E-state index in [0.717, 1.165) is 31.4 Å². The van der Waals surface area contributed by atoms with Gasteiger partial charge in [-0.1, -0.05) is 19.1 Å². The van der Waals surface area contributed by atoms with Crippen molar-refractivity contribution in [1.82, 2.24) is 0 Å². The summed E-state index contributed by atoms with van der Waals surface area (Å²) < 4.78 is 5.87. The lowest BCUT2D eigenvalue weighted by Crippen LogP contribution is -2.19. The van der Waals surface area contributed by atoms with Crippen molar-refractivity contribution in [2.24, 2.45) is 5.73 Å². The molecule has 0 radical (unpaired) electrons. The van der Waals surface area contributed by atoms with E-state index in [1.165, 1.54) is 5.56 Å². The Balaban J connectivity index is 1.93. The van der Waals surface area contributed by atoms with E-state index in [-0.39, 0.29) is 0 Å². The zero-order valence-corrected chi connectivity index (χ0v) is 9.28. The van der Waals surface area contributed by atoms with Crippen molar-refractivity contribution in [1.29, 1.82) is 0 Å². The number of ether oxygens (including phenoxy) is 1. The third-order valence-corrected chi connectivity index (χ3v) is 3.06. The van der Waals surface area contributed by atoms with Gasteiger partial charge >= 0.3 is 0 Å². The first-order valence-corrected chi connectivity index (χ1v) is 5.79. The van der Waals surface area contributed by atoms with Gasteiger partial charge in [0.15, 0.2) is 0 Å². The third-order valence-electron chi connectivity index (χ3n) is 3.06. The molecular weight excluding hydrogens is 186 g/mol. The Morgan fingerprint density at radius 2 is 2.00 bits per heavy atom. The molecule has 0 spiro atoms. The van der Waals surface area contributed by atoms with Gasteiger partial charge in [-0.05, 0) is 43.4 Å². The number of rotatable bonds is 3. The quantitative estimate of drug-likeness (QED) is 0.823. The third kappa shape index (κ3) is 2.72. The Hall–Kier alpha value is -1.02. The summed E-state index contributed by atoms with van der Waals surface area (Å²) in [5.74, 6) is 0.978. The molecule has 1 fully saturated rings. The number of nitrogens with two attached hydrogens (primary N) is 1. The van der Waals surface area contributed by atoms with Crippen LogP contribution < -0.4 is 10.5 Å². The molecule has 1 aromatic rings. The molecule has 2 atom stereocenters. The van der Waals surface area contributed by atoms with Crippen molar-refractivity contribution in [3.05, 3.63) is 29.8 Å². The highest BCUT2D eigenvalue weighted by atomic mass is 16.5. The van der Waals surface area contributed by atoms with Gasteiger partial charge in [-0.15, -0.1) is 0 Å². The summed E-state index contributed by atoms with van der Waals surface area (Å²) in [4.78, 5) is 0. The van der Waals surface area contributed by atoms with E-state index in [9.17, 15) is 0 Å². The first kappa shape index (κ1) is 10.5. The summed E-state index contributed by atoms with van der Waals surface area (Å²) in [7, 11) is 0. The molecule has 2 rings (SSSR count). The van der Waals surface area contributed by atoms with Crippen LogP contribution >= 0.6 is 0 Å². The topological polar surface area (TPSA) is 35.2 Å². The van der Waals surface area contributed by atoms with Crippen LogP contribution in [0.25, 0.3) is 0 Å². The normalized spacial score (nSPS) is 25.5. The number of hydrogen-bond donors (Lipinski definition) is 1. The molecule has 0 saturated heterocycles. The Morgan fingerprint density at radius 3 is 2.53 bits per heavy atom. The minimum atomic E-state index is 0.326. The van der Waals surface area contributed by atoms with Crippen molar-refractivity contribution in [2.45, 2.75) is 44.8 Å². The molecule has 2 nitrogen and oxygen atoms in total. The van der Waals surface area contributed by atoms with Crippen LogP contribution in [0, 0.1) is 0 Å². The van der Waals surface area contributed by atoms with Gasteiger partial charge in [-0.25, -0.2) is 0 Å². The van der Waals surface area contributed by atoms with Crippen molar-refractivity contribution in [2.75, 3.05) is 0 Å². The largest absolute Gasteiger partial charge is 0.490 e. The van der Waals surface area contributed by atoms with Crippen LogP contribution in [-0.2, 0) is 6.42 Å². The van der Waals surface area contributed by atoms with Gasteiger partial charge in [-0.3, -0.25) is 0 Å². The molecule has 2 heteroatoms. The minimum absolute atomic E-state index is 0.326. The monoisotopic (exact) mass is 205 g/mol. The highest BCUT2D eigenvalue weighted by Crippen LogP contribution is 2.23. The van der Waals surface area contributed by atoms with Crippen molar-refractivity contribution in [3.8, 4) is 5.75 Å². The Morgan fingerprint density at radius 1 is 1.27 bits per heavy atom. The van der Waals surface area contributed by atoms with Crippen LogP contribution in [0.2, 0.25) is 0 Å². The van der Waals surface area contributed by atoms with Crippen LogP contribution in [0.15, 0.2) is 24.3 Å². The van der Waals surface area contributed by atoms with E-state index < -0.39 is 0 Å². The molecule has 1 saturated carbocycles. The van der Waals surface area contributed by atoms with Crippen LogP contribution in [0.4, 0.5) is 0 Å². The fraction of sp³-hybridized carbons (Fsp3) is 0.538. The molecule has 0 aliphatic heterocycles. The van der Waals surface area contributed by atoms with Gasteiger partial charge in [0.1, 0.15) is 11.9 Å². The lowest BCUT2D eigenvalue weighted by Gasteiger charge is -2.13. The fourth-order valence-electron chi connectivity index (χ4n) is 2.08. The van der Waals surface area contributed by atoms with E-state index in [2.05, 4.69) is 31.2 Å². The van der Waals surface area contributed by atoms with Crippen LogP contribution in [0.5, 0.6) is 5.75 Å². The molecule has 1 aliphatic carbocycles. The average molecular weight is 205 g/mol. The van der Waals surface area contributed by atoms with Crippen LogP contribution in [0.1, 0.15) is 31.7 Å². The summed E-state index contributed by atoms with van der Waals surface area (Å²) in [6.07, 6.45) is 4.59. The Labute approximate surface area is 91.4 Å². The number of hydrogen-bond acceptors (Lipinski definition) is 2. The Kier molecular flexibility index (Phi) is 3.27. The van der Waals surface area contributed by atoms with E-state index in [0.29, 0.717) is 12.1 Å². The van der Waals surface area contributed by atoms with Gasteiger partial charge in [0.25, 0.3) is 0 Å². The number of aryl methyl sites for hydroxylation is 1. The summed E-state index contributed by atoms with van der Waals surface area (Å²) in [6, 6.07) is 8.71. The van der Waals surface area contributed by atoms with Crippen molar-refractivity contribution >= 4 is 0 Å². The first-order valence-electron chi connectivity index (χ1n) is 5.79. The summed E-state index contributed by atoms with van der Waals surface area (Å²) in [5, 5.41) is 0. The lowest BCUT2D eigenvalue weighted by atomic mass is 10.2. The van der Waals surface area contributed by atoms with E-state index >= 15 is 0 Å². The van der Waals surface area contributed by atoms with E-state index in [4.69, 9.17) is 10.5 Å². The molecule has 0 aromatic heterocycles. The molecule has 2 unspecified atom stereocenters. The zero-order chi connectivity index (χ0) is 10.7. The fourth-order valence-corrected chi connectivity index (χ4v) is 2.08. The van der Waals surface area contributed by atoms with Crippen molar-refractivity contribution in [3.63, 3.8) is 0 Å². The van der Waals surface area contributed by atoms with Gasteiger partial charge in [0, 0.05) is 6.04 Å². The molecule has 1 aliphatic rings. The van der Waals surface area contributed by atoms with Gasteiger partial charge in [0.05, 0.1) is 0 Å². The van der Waals surface area contributed by atoms with Gasteiger partial charge in [-0.2, -0.15) is 0 Å². The molecule has 15 heavy (non-hydrogen) atoms. The second-order valence-electron chi connectivity index (χ2n) is 4.31. The molecule has 1 aromatic carbocycles. The zero-order valence-electron chi connectivity index (χ0n) is 9.28. The average Bonchev–Trinajstić information content (AvgIpc) is 2.65. The highest BCUT2D eigenvalue weighted by molar-refractivity contribution is 5.27. The molecule has 0 bridgehead atoms. The maximum Gasteiger partial charge on any atom is 0.119 e. The van der Waals surface area contributed by atoms with E-state index in [1.54, 1.807) is 0 Å². The minimum Gasteiger partial charge on any atom is -0.490 e. The summed E-state index contributed by atoms with van der Waals surface area (Å²) in [6.45, 7) is 2.16. The predicted octanol–water partition coefficient (Wildman–Crippen LogP) is 2.51. The maximum atomic E-state index is 5.87. The molecule has 0 amide bonds. The summed E-state index contributed by atoms with van der Waals surface area (Å²) in [5.41, 5.74) is 7.20. The lowest BCUT2D eigenvalue weighted by molar-refractivity contribution is 0.208. The van der Waals surface area contributed by atoms with E-state index in [1.807, 2.05) is 0 Å². The second-order valence-corrected chi connectivity index (χ2v) is 4.31. The second kappa shape index (κ2) is 4.67. The van der Waals surface area contributed by atoms with Crippen LogP contribution in [0.3, 0.4) is 0 Å². The first-order chi connectivity index (χ1) is 7.28. The predicted molar refractivity (Wildman–Crippen MR) is 62.1 cm³/mol. The van der Waals surface area contributed by atoms with Gasteiger partial charge in [0.2, 0.25) is 0 Å². The highest BCUT2D eigenvalue weighted by Gasteiger charge is 2.22. The SMILES string of the molecule is CCc1ccc(OC2CCC(N)C2)cc1. The number of benzene rings is 1. The molecular formula is C13H19NO. The standard InChI is InChI=1S/C13H19NO/c1-2-10-3-6-12(7-4-10)15-13-8-5-11(14)9-13/h3-4,6-7,11,13H,2,5,8-9,14H2,1H3. The molecule has 82 valence electrons. The summed E-state index contributed by atoms with van der Waals surface area (Å²) >= 11 is 0. The molecule has 0 heterocycles. The Bertz CT molecular complexity index is 307. The van der Waals surface area contributed by atoms with Crippen molar-refractivity contribution < 1.29 is 4.74 Å². The maximum absolute atomic E-state index is 5.87.